The Bertz CT molecular complexity index is 643. The normalized spacial score (nSPS) is 14.0. The Morgan fingerprint density at radius 1 is 1.48 bits per heavy atom. The van der Waals surface area contributed by atoms with Crippen molar-refractivity contribution in [2.24, 2.45) is 0 Å². The van der Waals surface area contributed by atoms with Gasteiger partial charge in [0.25, 0.3) is 5.91 Å². The minimum atomic E-state index is -0.310. The number of carbonyl (C=O) groups excluding carboxylic acids is 2. The SMILES string of the molecule is Cc1cc(NC(=O)CN(C(=O)c2ccco2)C2CC2)no1. The quantitative estimate of drug-likeness (QED) is 0.907. The van der Waals surface area contributed by atoms with Gasteiger partial charge in [-0.1, -0.05) is 5.16 Å². The molecule has 0 atom stereocenters. The summed E-state index contributed by atoms with van der Waals surface area (Å²) >= 11 is 0. The number of nitrogens with zero attached hydrogens (tertiary/aromatic N) is 2. The molecule has 110 valence electrons. The molecule has 1 aliphatic carbocycles. The molecule has 0 saturated heterocycles. The molecule has 0 aromatic carbocycles. The first kappa shape index (κ1) is 13.4. The second-order valence-electron chi connectivity index (χ2n) is 5.01. The third-order valence-corrected chi connectivity index (χ3v) is 3.19. The molecular formula is C14H15N3O4. The number of hydrogen-bond donors (Lipinski definition) is 1. The molecule has 0 unspecified atom stereocenters. The third-order valence-electron chi connectivity index (χ3n) is 3.19. The highest BCUT2D eigenvalue weighted by atomic mass is 16.5. The molecule has 7 heteroatoms. The van der Waals surface area contributed by atoms with Crippen molar-refractivity contribution in [2.75, 3.05) is 11.9 Å². The lowest BCUT2D eigenvalue weighted by molar-refractivity contribution is -0.117. The zero-order valence-corrected chi connectivity index (χ0v) is 11.5. The van der Waals surface area contributed by atoms with Crippen LogP contribution in [0.3, 0.4) is 0 Å². The van der Waals surface area contributed by atoms with E-state index in [4.69, 9.17) is 8.94 Å². The van der Waals surface area contributed by atoms with Crippen molar-refractivity contribution in [1.82, 2.24) is 10.1 Å². The molecule has 0 spiro atoms. The monoisotopic (exact) mass is 289 g/mol. The Kier molecular flexibility index (Phi) is 3.47. The summed E-state index contributed by atoms with van der Waals surface area (Å²) in [4.78, 5) is 25.8. The van der Waals surface area contributed by atoms with Gasteiger partial charge in [-0.05, 0) is 31.9 Å². The van der Waals surface area contributed by atoms with E-state index in [0.29, 0.717) is 11.6 Å². The molecule has 0 radical (unpaired) electrons. The lowest BCUT2D eigenvalue weighted by Gasteiger charge is -2.20. The van der Waals surface area contributed by atoms with E-state index in [1.165, 1.54) is 11.2 Å². The van der Waals surface area contributed by atoms with Crippen molar-refractivity contribution in [3.8, 4) is 0 Å². The molecule has 2 aromatic rings. The van der Waals surface area contributed by atoms with Crippen molar-refractivity contribution < 1.29 is 18.5 Å². The number of aromatic nitrogens is 1. The van der Waals surface area contributed by atoms with Crippen molar-refractivity contribution in [3.63, 3.8) is 0 Å². The summed E-state index contributed by atoms with van der Waals surface area (Å²) < 4.78 is 9.98. The van der Waals surface area contributed by atoms with E-state index in [2.05, 4.69) is 10.5 Å². The summed E-state index contributed by atoms with van der Waals surface area (Å²) in [6.07, 6.45) is 3.25. The molecule has 1 N–H and O–H groups in total. The maximum atomic E-state index is 12.3. The van der Waals surface area contributed by atoms with Crippen molar-refractivity contribution in [3.05, 3.63) is 36.0 Å². The summed E-state index contributed by atoms with van der Waals surface area (Å²) in [5.41, 5.74) is 0. The number of anilines is 1. The van der Waals surface area contributed by atoms with Crippen LogP contribution in [-0.2, 0) is 4.79 Å². The molecule has 1 fully saturated rings. The number of furan rings is 1. The van der Waals surface area contributed by atoms with Crippen LogP contribution in [0.2, 0.25) is 0 Å². The fraction of sp³-hybridized carbons (Fsp3) is 0.357. The van der Waals surface area contributed by atoms with E-state index in [-0.39, 0.29) is 30.2 Å². The molecule has 2 aromatic heterocycles. The van der Waals surface area contributed by atoms with Crippen LogP contribution in [0.5, 0.6) is 0 Å². The minimum Gasteiger partial charge on any atom is -0.459 e. The second-order valence-corrected chi connectivity index (χ2v) is 5.01. The number of hydrogen-bond acceptors (Lipinski definition) is 5. The van der Waals surface area contributed by atoms with Crippen LogP contribution in [0.25, 0.3) is 0 Å². The Hall–Kier alpha value is -2.57. The zero-order valence-electron chi connectivity index (χ0n) is 11.5. The Morgan fingerprint density at radius 3 is 2.86 bits per heavy atom. The van der Waals surface area contributed by atoms with E-state index in [1.54, 1.807) is 25.1 Å². The molecule has 1 aliphatic rings. The van der Waals surface area contributed by atoms with E-state index in [9.17, 15) is 9.59 Å². The molecule has 2 amide bonds. The lowest BCUT2D eigenvalue weighted by atomic mass is 10.3. The molecular weight excluding hydrogens is 274 g/mol. The summed E-state index contributed by atoms with van der Waals surface area (Å²) in [6, 6.07) is 4.97. The van der Waals surface area contributed by atoms with E-state index in [1.807, 2.05) is 0 Å². The molecule has 0 bridgehead atoms. The number of nitrogens with one attached hydrogen (secondary N) is 1. The highest BCUT2D eigenvalue weighted by Crippen LogP contribution is 2.28. The van der Waals surface area contributed by atoms with Crippen LogP contribution < -0.4 is 5.32 Å². The van der Waals surface area contributed by atoms with Crippen LogP contribution in [0.15, 0.2) is 33.4 Å². The van der Waals surface area contributed by atoms with Gasteiger partial charge in [-0.25, -0.2) is 0 Å². The molecule has 21 heavy (non-hydrogen) atoms. The van der Waals surface area contributed by atoms with E-state index in [0.717, 1.165) is 12.8 Å². The molecule has 3 rings (SSSR count). The highest BCUT2D eigenvalue weighted by molar-refractivity contribution is 5.98. The predicted octanol–water partition coefficient (Wildman–Crippen LogP) is 1.82. The average molecular weight is 289 g/mol. The van der Waals surface area contributed by atoms with Crippen LogP contribution in [0, 0.1) is 6.92 Å². The average Bonchev–Trinajstić information content (AvgIpc) is 2.97. The first-order valence-electron chi connectivity index (χ1n) is 6.71. The molecule has 0 aliphatic heterocycles. The van der Waals surface area contributed by atoms with E-state index >= 15 is 0 Å². The molecule has 1 saturated carbocycles. The number of rotatable bonds is 5. The topological polar surface area (TPSA) is 88.6 Å². The summed E-state index contributed by atoms with van der Waals surface area (Å²) in [7, 11) is 0. The summed E-state index contributed by atoms with van der Waals surface area (Å²) in [6.45, 7) is 1.70. The molecule has 7 nitrogen and oxygen atoms in total. The first-order valence-corrected chi connectivity index (χ1v) is 6.71. The number of aryl methyl sites for hydroxylation is 1. The fourth-order valence-corrected chi connectivity index (χ4v) is 2.06. The largest absolute Gasteiger partial charge is 0.459 e. The smallest absolute Gasteiger partial charge is 0.290 e. The van der Waals surface area contributed by atoms with Gasteiger partial charge in [0.1, 0.15) is 12.3 Å². The van der Waals surface area contributed by atoms with Crippen LogP contribution in [0.4, 0.5) is 5.82 Å². The summed E-state index contributed by atoms with van der Waals surface area (Å²) in [5.74, 6) is 0.616. The number of carbonyl (C=O) groups is 2. The fourth-order valence-electron chi connectivity index (χ4n) is 2.06. The van der Waals surface area contributed by atoms with Gasteiger partial charge < -0.3 is 19.2 Å². The summed E-state index contributed by atoms with van der Waals surface area (Å²) in [5, 5.41) is 6.30. The zero-order chi connectivity index (χ0) is 14.8. The van der Waals surface area contributed by atoms with Crippen molar-refractivity contribution in [2.45, 2.75) is 25.8 Å². The van der Waals surface area contributed by atoms with Gasteiger partial charge in [0.2, 0.25) is 5.91 Å². The predicted molar refractivity (Wildman–Crippen MR) is 72.6 cm³/mol. The number of amides is 2. The van der Waals surface area contributed by atoms with Gasteiger partial charge >= 0.3 is 0 Å². The van der Waals surface area contributed by atoms with Gasteiger partial charge in [-0.3, -0.25) is 9.59 Å². The van der Waals surface area contributed by atoms with Gasteiger partial charge in [0, 0.05) is 12.1 Å². The van der Waals surface area contributed by atoms with Crippen LogP contribution in [-0.4, -0.2) is 34.5 Å². The van der Waals surface area contributed by atoms with E-state index < -0.39 is 0 Å². The standard InChI is InChI=1S/C14H15N3O4/c1-9-7-12(16-21-9)15-13(18)8-17(10-4-5-10)14(19)11-3-2-6-20-11/h2-3,6-7,10H,4-5,8H2,1H3,(H,15,16,18). The Balaban J connectivity index is 1.65. The Morgan fingerprint density at radius 2 is 2.29 bits per heavy atom. The van der Waals surface area contributed by atoms with Crippen LogP contribution >= 0.6 is 0 Å². The van der Waals surface area contributed by atoms with Crippen molar-refractivity contribution >= 4 is 17.6 Å². The minimum absolute atomic E-state index is 0.0316. The lowest BCUT2D eigenvalue weighted by Crippen LogP contribution is -2.39. The first-order chi connectivity index (χ1) is 10.1. The van der Waals surface area contributed by atoms with Crippen molar-refractivity contribution in [1.29, 1.82) is 0 Å². The Labute approximate surface area is 120 Å². The second kappa shape index (κ2) is 5.43. The van der Waals surface area contributed by atoms with Gasteiger partial charge in [-0.2, -0.15) is 0 Å². The highest BCUT2D eigenvalue weighted by Gasteiger charge is 2.35. The van der Waals surface area contributed by atoms with Crippen LogP contribution in [0.1, 0.15) is 29.2 Å². The maximum absolute atomic E-state index is 12.3. The van der Waals surface area contributed by atoms with Gasteiger partial charge in [0.15, 0.2) is 11.6 Å². The van der Waals surface area contributed by atoms with Gasteiger partial charge in [0.05, 0.1) is 6.26 Å². The van der Waals surface area contributed by atoms with Gasteiger partial charge in [-0.15, -0.1) is 0 Å². The molecule has 2 heterocycles. The maximum Gasteiger partial charge on any atom is 0.290 e. The third kappa shape index (κ3) is 3.13.